The number of nitrogens with zero attached hydrogens (tertiary/aromatic N) is 1. The highest BCUT2D eigenvalue weighted by Crippen LogP contribution is 2.21. The summed E-state index contributed by atoms with van der Waals surface area (Å²) in [6.07, 6.45) is 1.75. The van der Waals surface area contributed by atoms with E-state index in [1.807, 2.05) is 42.5 Å². The Morgan fingerprint density at radius 2 is 1.96 bits per heavy atom. The van der Waals surface area contributed by atoms with Crippen LogP contribution in [0.1, 0.15) is 10.5 Å². The highest BCUT2D eigenvalue weighted by atomic mass is 35.5. The zero-order valence-electron chi connectivity index (χ0n) is 12.0. The molecule has 5 heteroatoms. The summed E-state index contributed by atoms with van der Waals surface area (Å²) in [5.74, 6) is -0.194. The van der Waals surface area contributed by atoms with E-state index in [-0.39, 0.29) is 5.91 Å². The van der Waals surface area contributed by atoms with E-state index in [1.54, 1.807) is 18.3 Å². The molecule has 0 bridgehead atoms. The van der Waals surface area contributed by atoms with E-state index in [1.165, 1.54) is 0 Å². The number of fused-ring (bicyclic) bond motifs is 2. The van der Waals surface area contributed by atoms with Crippen LogP contribution in [0.4, 0.5) is 5.69 Å². The summed E-state index contributed by atoms with van der Waals surface area (Å²) in [5.41, 5.74) is 2.99. The zero-order chi connectivity index (χ0) is 15.8. The fraction of sp³-hybridized carbons (Fsp3) is 0. The number of aromatic amines is 1. The summed E-state index contributed by atoms with van der Waals surface area (Å²) in [6, 6.07) is 16.7. The van der Waals surface area contributed by atoms with Crippen LogP contribution in [-0.2, 0) is 0 Å². The van der Waals surface area contributed by atoms with E-state index in [0.29, 0.717) is 10.7 Å². The van der Waals surface area contributed by atoms with Gasteiger partial charge in [-0.2, -0.15) is 0 Å². The Bertz CT molecular complexity index is 1040. The van der Waals surface area contributed by atoms with Gasteiger partial charge in [-0.05, 0) is 48.5 Å². The van der Waals surface area contributed by atoms with Gasteiger partial charge in [0.2, 0.25) is 0 Å². The highest BCUT2D eigenvalue weighted by molar-refractivity contribution is 6.31. The van der Waals surface area contributed by atoms with Crippen LogP contribution in [0.2, 0.25) is 5.02 Å². The van der Waals surface area contributed by atoms with Crippen molar-refractivity contribution >= 4 is 45.0 Å². The van der Waals surface area contributed by atoms with Crippen molar-refractivity contribution in [3.8, 4) is 0 Å². The van der Waals surface area contributed by atoms with Gasteiger partial charge in [-0.3, -0.25) is 9.78 Å². The Hall–Kier alpha value is -2.85. The molecule has 4 nitrogen and oxygen atoms in total. The summed E-state index contributed by atoms with van der Waals surface area (Å²) in [6.45, 7) is 0. The number of hydrogen-bond acceptors (Lipinski definition) is 2. The summed E-state index contributed by atoms with van der Waals surface area (Å²) in [7, 11) is 0. The van der Waals surface area contributed by atoms with Gasteiger partial charge < -0.3 is 10.3 Å². The lowest BCUT2D eigenvalue weighted by Gasteiger charge is -2.05. The normalized spacial score (nSPS) is 11.0. The maximum Gasteiger partial charge on any atom is 0.272 e. The third-order valence-corrected chi connectivity index (χ3v) is 3.92. The van der Waals surface area contributed by atoms with Crippen LogP contribution in [-0.4, -0.2) is 15.9 Å². The summed E-state index contributed by atoms with van der Waals surface area (Å²) in [5, 5.41) is 5.43. The van der Waals surface area contributed by atoms with E-state index < -0.39 is 0 Å². The number of benzene rings is 2. The number of carbonyl (C=O) groups excluding carboxylic acids is 1. The summed E-state index contributed by atoms with van der Waals surface area (Å²) < 4.78 is 0. The van der Waals surface area contributed by atoms with Crippen LogP contribution in [0.15, 0.2) is 60.8 Å². The lowest BCUT2D eigenvalue weighted by molar-refractivity contribution is 0.102. The van der Waals surface area contributed by atoms with Crippen molar-refractivity contribution in [2.45, 2.75) is 0 Å². The second-order valence-corrected chi connectivity index (χ2v) is 5.72. The maximum absolute atomic E-state index is 12.4. The first-order chi connectivity index (χ1) is 11.2. The molecule has 0 spiro atoms. The topological polar surface area (TPSA) is 57.8 Å². The van der Waals surface area contributed by atoms with Crippen molar-refractivity contribution in [2.75, 3.05) is 5.32 Å². The van der Waals surface area contributed by atoms with Crippen molar-refractivity contribution < 1.29 is 4.79 Å². The van der Waals surface area contributed by atoms with Crippen LogP contribution in [0.3, 0.4) is 0 Å². The zero-order valence-corrected chi connectivity index (χ0v) is 12.8. The first-order valence-corrected chi connectivity index (χ1v) is 7.51. The number of carbonyl (C=O) groups is 1. The molecule has 0 aliphatic heterocycles. The van der Waals surface area contributed by atoms with Crippen molar-refractivity contribution in [3.63, 3.8) is 0 Å². The van der Waals surface area contributed by atoms with E-state index in [9.17, 15) is 4.79 Å². The van der Waals surface area contributed by atoms with Crippen LogP contribution >= 0.6 is 11.6 Å². The fourth-order valence-corrected chi connectivity index (χ4v) is 2.76. The van der Waals surface area contributed by atoms with Gasteiger partial charge >= 0.3 is 0 Å². The molecule has 2 aromatic heterocycles. The monoisotopic (exact) mass is 321 g/mol. The Kier molecular flexibility index (Phi) is 3.24. The van der Waals surface area contributed by atoms with Crippen LogP contribution in [0, 0.1) is 0 Å². The molecule has 0 atom stereocenters. The average molecular weight is 322 g/mol. The van der Waals surface area contributed by atoms with Crippen molar-refractivity contribution in [2.24, 2.45) is 0 Å². The molecular formula is C18H12ClN3O. The van der Waals surface area contributed by atoms with Gasteiger partial charge in [0.05, 0.1) is 5.52 Å². The van der Waals surface area contributed by atoms with Crippen LogP contribution < -0.4 is 5.32 Å². The SMILES string of the molecule is O=C(Nc1ccc2ncccc2c1)c1cc2cc(Cl)ccc2[nH]1. The molecule has 112 valence electrons. The largest absolute Gasteiger partial charge is 0.351 e. The Balaban J connectivity index is 1.64. The lowest BCUT2D eigenvalue weighted by Crippen LogP contribution is -2.12. The molecule has 0 saturated heterocycles. The van der Waals surface area contributed by atoms with Crippen LogP contribution in [0.25, 0.3) is 21.8 Å². The number of halogens is 1. The quantitative estimate of drug-likeness (QED) is 0.566. The number of H-pyrrole nitrogens is 1. The molecule has 2 aromatic carbocycles. The van der Waals surface area contributed by atoms with Gasteiger partial charge in [0, 0.05) is 33.2 Å². The Morgan fingerprint density at radius 3 is 2.87 bits per heavy atom. The van der Waals surface area contributed by atoms with E-state index in [4.69, 9.17) is 11.6 Å². The molecule has 2 heterocycles. The van der Waals surface area contributed by atoms with Gasteiger partial charge in [0.25, 0.3) is 5.91 Å². The van der Waals surface area contributed by atoms with E-state index in [0.717, 1.165) is 27.5 Å². The summed E-state index contributed by atoms with van der Waals surface area (Å²) >= 11 is 5.97. The molecule has 4 aromatic rings. The lowest BCUT2D eigenvalue weighted by atomic mass is 10.2. The van der Waals surface area contributed by atoms with E-state index in [2.05, 4.69) is 15.3 Å². The number of rotatable bonds is 2. The molecule has 0 aliphatic carbocycles. The minimum atomic E-state index is -0.194. The Labute approximate surface area is 137 Å². The van der Waals surface area contributed by atoms with Crippen molar-refractivity contribution in [3.05, 3.63) is 71.5 Å². The molecule has 0 radical (unpaired) electrons. The maximum atomic E-state index is 12.4. The number of nitrogens with one attached hydrogen (secondary N) is 2. The van der Waals surface area contributed by atoms with Gasteiger partial charge in [0.15, 0.2) is 0 Å². The first kappa shape index (κ1) is 13.8. The minimum Gasteiger partial charge on any atom is -0.351 e. The van der Waals surface area contributed by atoms with Gasteiger partial charge in [-0.1, -0.05) is 17.7 Å². The fourth-order valence-electron chi connectivity index (χ4n) is 2.58. The molecule has 0 saturated carbocycles. The molecule has 0 unspecified atom stereocenters. The summed E-state index contributed by atoms with van der Waals surface area (Å²) in [4.78, 5) is 19.8. The third-order valence-electron chi connectivity index (χ3n) is 3.69. The molecule has 23 heavy (non-hydrogen) atoms. The molecular weight excluding hydrogens is 310 g/mol. The standard InChI is InChI=1S/C18H12ClN3O/c19-13-3-5-16-12(8-13)10-17(22-16)18(23)21-14-4-6-15-11(9-14)2-1-7-20-15/h1-10,22H,(H,21,23). The third kappa shape index (κ3) is 2.64. The second-order valence-electron chi connectivity index (χ2n) is 5.28. The van der Waals surface area contributed by atoms with Gasteiger partial charge in [-0.25, -0.2) is 0 Å². The molecule has 0 aliphatic rings. The van der Waals surface area contributed by atoms with E-state index >= 15 is 0 Å². The molecule has 4 rings (SSSR count). The number of hydrogen-bond donors (Lipinski definition) is 2. The van der Waals surface area contributed by atoms with Gasteiger partial charge in [-0.15, -0.1) is 0 Å². The van der Waals surface area contributed by atoms with Crippen LogP contribution in [0.5, 0.6) is 0 Å². The highest BCUT2D eigenvalue weighted by Gasteiger charge is 2.10. The first-order valence-electron chi connectivity index (χ1n) is 7.13. The molecule has 0 fully saturated rings. The molecule has 1 amide bonds. The number of anilines is 1. The number of pyridine rings is 1. The predicted molar refractivity (Wildman–Crippen MR) is 93.0 cm³/mol. The number of amides is 1. The van der Waals surface area contributed by atoms with Crippen molar-refractivity contribution in [1.82, 2.24) is 9.97 Å². The Morgan fingerprint density at radius 1 is 1.04 bits per heavy atom. The predicted octanol–water partition coefficient (Wildman–Crippen LogP) is 4.62. The minimum absolute atomic E-state index is 0.194. The number of aromatic nitrogens is 2. The smallest absolute Gasteiger partial charge is 0.272 e. The van der Waals surface area contributed by atoms with Crippen molar-refractivity contribution in [1.29, 1.82) is 0 Å². The average Bonchev–Trinajstić information content (AvgIpc) is 2.98. The van der Waals surface area contributed by atoms with Gasteiger partial charge in [0.1, 0.15) is 5.69 Å². The second kappa shape index (κ2) is 5.41. The molecule has 2 N–H and O–H groups in total.